The Labute approximate surface area is 167 Å². The summed E-state index contributed by atoms with van der Waals surface area (Å²) in [5.41, 5.74) is 0.493. The average Bonchev–Trinajstić information content (AvgIpc) is 2.91. The number of fused-ring (bicyclic) bond motifs is 1. The Bertz CT molecular complexity index is 830. The van der Waals surface area contributed by atoms with Gasteiger partial charge in [-0.15, -0.1) is 11.8 Å². The zero-order chi connectivity index (χ0) is 19.2. The zero-order valence-electron chi connectivity index (χ0n) is 15.0. The minimum Gasteiger partial charge on any atom is -0.495 e. The molecule has 2 aromatic rings. The first-order valence-electron chi connectivity index (χ1n) is 8.34. The van der Waals surface area contributed by atoms with Crippen LogP contribution >= 0.6 is 23.4 Å². The van der Waals surface area contributed by atoms with Crippen LogP contribution in [0.4, 0.5) is 5.69 Å². The largest absolute Gasteiger partial charge is 0.495 e. The summed E-state index contributed by atoms with van der Waals surface area (Å²) in [6.45, 7) is 1.27. The van der Waals surface area contributed by atoms with Gasteiger partial charge < -0.3 is 24.3 Å². The summed E-state index contributed by atoms with van der Waals surface area (Å²) in [5, 5.41) is 3.21. The topological polar surface area (TPSA) is 66.0 Å². The van der Waals surface area contributed by atoms with E-state index in [-0.39, 0.29) is 11.7 Å². The first-order valence-corrected chi connectivity index (χ1v) is 9.71. The minimum absolute atomic E-state index is 0.174. The Morgan fingerprint density at radius 2 is 1.85 bits per heavy atom. The van der Waals surface area contributed by atoms with Crippen molar-refractivity contribution in [2.45, 2.75) is 11.3 Å². The molecule has 1 aliphatic heterocycles. The molecule has 2 aromatic carbocycles. The molecule has 144 valence electrons. The van der Waals surface area contributed by atoms with Gasteiger partial charge in [-0.05, 0) is 24.3 Å². The van der Waals surface area contributed by atoms with Crippen molar-refractivity contribution < 1.29 is 23.7 Å². The molecule has 0 unspecified atom stereocenters. The predicted octanol–water partition coefficient (Wildman–Crippen LogP) is 4.25. The number of benzene rings is 2. The molecule has 0 atom stereocenters. The Morgan fingerprint density at radius 1 is 1.11 bits per heavy atom. The quantitative estimate of drug-likeness (QED) is 0.719. The van der Waals surface area contributed by atoms with E-state index in [0.29, 0.717) is 41.2 Å². The number of methoxy groups -OCH3 is 2. The summed E-state index contributed by atoms with van der Waals surface area (Å²) in [5.74, 6) is 2.46. The van der Waals surface area contributed by atoms with Gasteiger partial charge in [-0.2, -0.15) is 0 Å². The van der Waals surface area contributed by atoms with Crippen molar-refractivity contribution in [2.75, 3.05) is 38.5 Å². The number of nitrogens with one attached hydrogen (secondary N) is 1. The standard InChI is InChI=1S/C19H20ClNO5S/c1-23-16-10-17(24-2)14(9-13(16)20)21-19(22)11-27-12-4-5-15-18(8-12)26-7-3-6-25-15/h4-5,8-10H,3,6-7,11H2,1-2H3,(H,21,22). The fourth-order valence-corrected chi connectivity index (χ4v) is 3.49. The number of halogens is 1. The predicted molar refractivity (Wildman–Crippen MR) is 106 cm³/mol. The van der Waals surface area contributed by atoms with E-state index in [1.165, 1.54) is 26.0 Å². The van der Waals surface area contributed by atoms with Crippen LogP contribution in [0, 0.1) is 0 Å². The third kappa shape index (κ3) is 4.93. The molecule has 0 saturated carbocycles. The van der Waals surface area contributed by atoms with Gasteiger partial charge in [-0.1, -0.05) is 11.6 Å². The van der Waals surface area contributed by atoms with Gasteiger partial charge in [-0.25, -0.2) is 0 Å². The number of rotatable bonds is 6. The number of ether oxygens (including phenoxy) is 4. The fourth-order valence-electron chi connectivity index (χ4n) is 2.53. The lowest BCUT2D eigenvalue weighted by atomic mass is 10.2. The van der Waals surface area contributed by atoms with E-state index in [2.05, 4.69) is 5.32 Å². The molecule has 27 heavy (non-hydrogen) atoms. The van der Waals surface area contributed by atoms with Crippen LogP contribution in [0.5, 0.6) is 23.0 Å². The lowest BCUT2D eigenvalue weighted by Gasteiger charge is -2.13. The molecule has 6 nitrogen and oxygen atoms in total. The van der Waals surface area contributed by atoms with Crippen LogP contribution in [0.3, 0.4) is 0 Å². The van der Waals surface area contributed by atoms with Crippen molar-refractivity contribution >= 4 is 35.0 Å². The second-order valence-electron chi connectivity index (χ2n) is 5.68. The van der Waals surface area contributed by atoms with Gasteiger partial charge in [0, 0.05) is 17.4 Å². The van der Waals surface area contributed by atoms with E-state index >= 15 is 0 Å². The Hall–Kier alpha value is -2.25. The van der Waals surface area contributed by atoms with Crippen LogP contribution in [0.1, 0.15) is 6.42 Å². The maximum absolute atomic E-state index is 12.3. The van der Waals surface area contributed by atoms with Crippen molar-refractivity contribution in [1.29, 1.82) is 0 Å². The highest BCUT2D eigenvalue weighted by Gasteiger charge is 2.14. The van der Waals surface area contributed by atoms with Crippen LogP contribution in [-0.2, 0) is 4.79 Å². The van der Waals surface area contributed by atoms with Gasteiger partial charge in [0.15, 0.2) is 11.5 Å². The second kappa shape index (κ2) is 9.10. The molecule has 1 heterocycles. The summed E-state index contributed by atoms with van der Waals surface area (Å²) in [6.07, 6.45) is 0.853. The van der Waals surface area contributed by atoms with Gasteiger partial charge >= 0.3 is 0 Å². The zero-order valence-corrected chi connectivity index (χ0v) is 16.6. The summed E-state index contributed by atoms with van der Waals surface area (Å²) in [7, 11) is 3.04. The van der Waals surface area contributed by atoms with Crippen LogP contribution < -0.4 is 24.3 Å². The average molecular weight is 410 g/mol. The van der Waals surface area contributed by atoms with Crippen LogP contribution in [-0.4, -0.2) is 39.1 Å². The molecule has 0 spiro atoms. The molecule has 0 radical (unpaired) electrons. The highest BCUT2D eigenvalue weighted by atomic mass is 35.5. The minimum atomic E-state index is -0.174. The normalized spacial score (nSPS) is 12.9. The van der Waals surface area contributed by atoms with E-state index in [4.69, 9.17) is 30.5 Å². The van der Waals surface area contributed by atoms with Crippen molar-refractivity contribution in [2.24, 2.45) is 0 Å². The molecule has 1 N–H and O–H groups in total. The maximum atomic E-state index is 12.3. The molecular formula is C19H20ClNO5S. The van der Waals surface area contributed by atoms with Gasteiger partial charge in [0.25, 0.3) is 0 Å². The highest BCUT2D eigenvalue weighted by Crippen LogP contribution is 2.36. The lowest BCUT2D eigenvalue weighted by molar-refractivity contribution is -0.113. The first-order chi connectivity index (χ1) is 13.1. The number of carbonyl (C=O) groups excluding carboxylic acids is 1. The lowest BCUT2D eigenvalue weighted by Crippen LogP contribution is -2.14. The van der Waals surface area contributed by atoms with E-state index in [0.717, 1.165) is 17.1 Å². The van der Waals surface area contributed by atoms with Crippen molar-refractivity contribution in [3.63, 3.8) is 0 Å². The highest BCUT2D eigenvalue weighted by molar-refractivity contribution is 8.00. The molecule has 0 bridgehead atoms. The van der Waals surface area contributed by atoms with Crippen LogP contribution in [0.15, 0.2) is 35.2 Å². The fraction of sp³-hybridized carbons (Fsp3) is 0.316. The Morgan fingerprint density at radius 3 is 2.59 bits per heavy atom. The first kappa shape index (κ1) is 19.5. The van der Waals surface area contributed by atoms with Crippen LogP contribution in [0.25, 0.3) is 0 Å². The number of amides is 1. The van der Waals surface area contributed by atoms with E-state index in [1.807, 2.05) is 18.2 Å². The Balaban J connectivity index is 1.63. The number of carbonyl (C=O) groups is 1. The van der Waals surface area contributed by atoms with Gasteiger partial charge in [0.1, 0.15) is 11.5 Å². The van der Waals surface area contributed by atoms with E-state index < -0.39 is 0 Å². The van der Waals surface area contributed by atoms with Gasteiger partial charge in [0.2, 0.25) is 5.91 Å². The smallest absolute Gasteiger partial charge is 0.234 e. The summed E-state index contributed by atoms with van der Waals surface area (Å²) in [6, 6.07) is 8.91. The second-order valence-corrected chi connectivity index (χ2v) is 7.14. The molecule has 0 saturated heterocycles. The van der Waals surface area contributed by atoms with Crippen molar-refractivity contribution in [3.05, 3.63) is 35.4 Å². The van der Waals surface area contributed by atoms with E-state index in [9.17, 15) is 4.79 Å². The molecule has 0 aromatic heterocycles. The maximum Gasteiger partial charge on any atom is 0.234 e. The number of thioether (sulfide) groups is 1. The van der Waals surface area contributed by atoms with Gasteiger partial charge in [-0.3, -0.25) is 4.79 Å². The van der Waals surface area contributed by atoms with E-state index in [1.54, 1.807) is 12.1 Å². The van der Waals surface area contributed by atoms with Crippen molar-refractivity contribution in [1.82, 2.24) is 0 Å². The number of anilines is 1. The third-order valence-corrected chi connectivity index (χ3v) is 5.13. The number of hydrogen-bond acceptors (Lipinski definition) is 6. The molecule has 3 rings (SSSR count). The third-order valence-electron chi connectivity index (χ3n) is 3.84. The molecule has 8 heteroatoms. The Kier molecular flexibility index (Phi) is 6.58. The molecule has 1 amide bonds. The number of hydrogen-bond donors (Lipinski definition) is 1. The molecular weight excluding hydrogens is 390 g/mol. The monoisotopic (exact) mass is 409 g/mol. The summed E-state index contributed by atoms with van der Waals surface area (Å²) >= 11 is 7.54. The molecule has 1 aliphatic rings. The summed E-state index contributed by atoms with van der Waals surface area (Å²) < 4.78 is 21.7. The molecule has 0 aliphatic carbocycles. The van der Waals surface area contributed by atoms with Crippen LogP contribution in [0.2, 0.25) is 5.02 Å². The SMILES string of the molecule is COc1cc(OC)c(NC(=O)CSc2ccc3c(c2)OCCCO3)cc1Cl. The van der Waals surface area contributed by atoms with Gasteiger partial charge in [0.05, 0.1) is 43.9 Å². The van der Waals surface area contributed by atoms with Crippen molar-refractivity contribution in [3.8, 4) is 23.0 Å². The summed E-state index contributed by atoms with van der Waals surface area (Å²) in [4.78, 5) is 13.3. The molecule has 0 fully saturated rings.